The van der Waals surface area contributed by atoms with Gasteiger partial charge < -0.3 is 14.6 Å². The molecule has 1 N–H and O–H groups in total. The predicted molar refractivity (Wildman–Crippen MR) is 80.4 cm³/mol. The van der Waals surface area contributed by atoms with Crippen molar-refractivity contribution in [3.8, 4) is 0 Å². The number of piperidine rings is 1. The van der Waals surface area contributed by atoms with Gasteiger partial charge in [-0.2, -0.15) is 0 Å². The summed E-state index contributed by atoms with van der Waals surface area (Å²) in [7, 11) is 0. The Hall–Kier alpha value is -1.07. The normalized spacial score (nSPS) is 15.8. The summed E-state index contributed by atoms with van der Waals surface area (Å²) in [4.78, 5) is 18.8. The summed E-state index contributed by atoms with van der Waals surface area (Å²) < 4.78 is 5.48. The Morgan fingerprint density at radius 3 is 2.55 bits per heavy atom. The monoisotopic (exact) mass is 301 g/mol. The van der Waals surface area contributed by atoms with Crippen LogP contribution in [0.1, 0.15) is 48.3 Å². The number of carbonyl (C=O) groups is 1. The number of aromatic nitrogens is 1. The fourth-order valence-electron chi connectivity index (χ4n) is 2.67. The summed E-state index contributed by atoms with van der Waals surface area (Å²) >= 11 is 0. The molecular formula is C14H24ClN3O2. The SMILES string of the molecule is CCCN(C(=O)c1oc(C)nc1C)C1CCNCC1.Cl. The van der Waals surface area contributed by atoms with E-state index in [1.54, 1.807) is 6.92 Å². The summed E-state index contributed by atoms with van der Waals surface area (Å²) in [6.07, 6.45) is 2.98. The van der Waals surface area contributed by atoms with Gasteiger partial charge in [0.15, 0.2) is 5.89 Å². The second-order valence-electron chi connectivity index (χ2n) is 5.13. The summed E-state index contributed by atoms with van der Waals surface area (Å²) in [5.74, 6) is 0.957. The molecule has 1 amide bonds. The molecule has 5 nitrogen and oxygen atoms in total. The highest BCUT2D eigenvalue weighted by atomic mass is 35.5. The summed E-state index contributed by atoms with van der Waals surface area (Å²) in [6, 6.07) is 0.318. The van der Waals surface area contributed by atoms with E-state index in [1.165, 1.54) is 0 Å². The van der Waals surface area contributed by atoms with Crippen molar-refractivity contribution in [3.63, 3.8) is 0 Å². The maximum absolute atomic E-state index is 12.6. The van der Waals surface area contributed by atoms with Crippen LogP contribution in [-0.2, 0) is 0 Å². The van der Waals surface area contributed by atoms with Crippen LogP contribution in [0.5, 0.6) is 0 Å². The second-order valence-corrected chi connectivity index (χ2v) is 5.13. The molecule has 0 aliphatic carbocycles. The van der Waals surface area contributed by atoms with Gasteiger partial charge in [0, 0.05) is 19.5 Å². The number of rotatable bonds is 4. The summed E-state index contributed by atoms with van der Waals surface area (Å²) in [5, 5.41) is 3.33. The molecule has 1 fully saturated rings. The van der Waals surface area contributed by atoms with Crippen LogP contribution in [0, 0.1) is 13.8 Å². The predicted octanol–water partition coefficient (Wildman–Crippen LogP) is 2.32. The Bertz CT molecular complexity index is 442. The van der Waals surface area contributed by atoms with Crippen molar-refractivity contribution in [1.82, 2.24) is 15.2 Å². The van der Waals surface area contributed by atoms with E-state index in [9.17, 15) is 4.79 Å². The fraction of sp³-hybridized carbons (Fsp3) is 0.714. The molecule has 6 heteroatoms. The van der Waals surface area contributed by atoms with E-state index >= 15 is 0 Å². The van der Waals surface area contributed by atoms with Gasteiger partial charge in [0.05, 0.1) is 5.69 Å². The third-order valence-corrected chi connectivity index (χ3v) is 3.57. The van der Waals surface area contributed by atoms with Gasteiger partial charge in [0.2, 0.25) is 5.76 Å². The van der Waals surface area contributed by atoms with Gasteiger partial charge in [-0.15, -0.1) is 12.4 Å². The number of oxazole rings is 1. The average molecular weight is 302 g/mol. The van der Waals surface area contributed by atoms with E-state index in [-0.39, 0.29) is 18.3 Å². The molecule has 0 atom stereocenters. The van der Waals surface area contributed by atoms with E-state index < -0.39 is 0 Å². The first kappa shape index (κ1) is 17.0. The van der Waals surface area contributed by atoms with Gasteiger partial charge >= 0.3 is 0 Å². The highest BCUT2D eigenvalue weighted by Gasteiger charge is 2.28. The minimum atomic E-state index is -0.00755. The second kappa shape index (κ2) is 7.64. The Morgan fingerprint density at radius 1 is 1.40 bits per heavy atom. The Kier molecular flexibility index (Phi) is 6.49. The molecule has 0 spiro atoms. The molecule has 1 aliphatic heterocycles. The van der Waals surface area contributed by atoms with E-state index in [2.05, 4.69) is 17.2 Å². The van der Waals surface area contributed by atoms with Crippen LogP contribution in [-0.4, -0.2) is 41.5 Å². The highest BCUT2D eigenvalue weighted by molar-refractivity contribution is 5.92. The quantitative estimate of drug-likeness (QED) is 0.927. The molecule has 2 heterocycles. The molecule has 1 aromatic heterocycles. The van der Waals surface area contributed by atoms with Crippen LogP contribution in [0.3, 0.4) is 0 Å². The van der Waals surface area contributed by atoms with Crippen LogP contribution in [0.15, 0.2) is 4.42 Å². The first-order valence-electron chi connectivity index (χ1n) is 7.09. The molecule has 0 saturated carbocycles. The van der Waals surface area contributed by atoms with Crippen LogP contribution < -0.4 is 5.32 Å². The highest BCUT2D eigenvalue weighted by Crippen LogP contribution is 2.19. The number of halogens is 1. The molecule has 1 aliphatic rings. The Balaban J connectivity index is 0.00000200. The van der Waals surface area contributed by atoms with Crippen molar-refractivity contribution >= 4 is 18.3 Å². The van der Waals surface area contributed by atoms with Crippen molar-refractivity contribution in [2.24, 2.45) is 0 Å². The van der Waals surface area contributed by atoms with Gasteiger partial charge in [-0.3, -0.25) is 4.79 Å². The average Bonchev–Trinajstić information content (AvgIpc) is 2.75. The maximum atomic E-state index is 12.6. The lowest BCUT2D eigenvalue weighted by atomic mass is 10.0. The number of nitrogens with zero attached hydrogens (tertiary/aromatic N) is 2. The Labute approximate surface area is 126 Å². The number of hydrogen-bond donors (Lipinski definition) is 1. The molecular weight excluding hydrogens is 278 g/mol. The molecule has 0 radical (unpaired) electrons. The first-order chi connectivity index (χ1) is 9.13. The molecule has 1 aromatic rings. The number of hydrogen-bond acceptors (Lipinski definition) is 4. The lowest BCUT2D eigenvalue weighted by molar-refractivity contribution is 0.0608. The molecule has 0 unspecified atom stereocenters. The largest absolute Gasteiger partial charge is 0.436 e. The van der Waals surface area contributed by atoms with Crippen molar-refractivity contribution in [2.45, 2.75) is 46.1 Å². The van der Waals surface area contributed by atoms with Crippen LogP contribution in [0.4, 0.5) is 0 Å². The van der Waals surface area contributed by atoms with Crippen LogP contribution >= 0.6 is 12.4 Å². The molecule has 0 aromatic carbocycles. The van der Waals surface area contributed by atoms with Crippen molar-refractivity contribution in [2.75, 3.05) is 19.6 Å². The zero-order valence-corrected chi connectivity index (χ0v) is 13.3. The number of carbonyl (C=O) groups excluding carboxylic acids is 1. The molecule has 2 rings (SSSR count). The van der Waals surface area contributed by atoms with Crippen LogP contribution in [0.25, 0.3) is 0 Å². The molecule has 114 valence electrons. The third kappa shape index (κ3) is 3.73. The minimum absolute atomic E-state index is 0. The number of nitrogens with one attached hydrogen (secondary N) is 1. The number of amides is 1. The summed E-state index contributed by atoms with van der Waals surface area (Å²) in [5.41, 5.74) is 0.692. The minimum Gasteiger partial charge on any atom is -0.436 e. The van der Waals surface area contributed by atoms with Crippen molar-refractivity contribution in [3.05, 3.63) is 17.3 Å². The third-order valence-electron chi connectivity index (χ3n) is 3.57. The van der Waals surface area contributed by atoms with Gasteiger partial charge in [-0.25, -0.2) is 4.98 Å². The lowest BCUT2D eigenvalue weighted by Gasteiger charge is -2.34. The molecule has 20 heavy (non-hydrogen) atoms. The molecule has 0 bridgehead atoms. The standard InChI is InChI=1S/C14H23N3O2.ClH/c1-4-9-17(12-5-7-15-8-6-12)14(18)13-10(2)16-11(3)19-13;/h12,15H,4-9H2,1-3H3;1H. The van der Waals surface area contributed by atoms with E-state index in [4.69, 9.17) is 4.42 Å². The maximum Gasteiger partial charge on any atom is 0.291 e. The fourth-order valence-corrected chi connectivity index (χ4v) is 2.67. The molecule has 1 saturated heterocycles. The number of aryl methyl sites for hydroxylation is 2. The van der Waals surface area contributed by atoms with Crippen LogP contribution in [0.2, 0.25) is 0 Å². The van der Waals surface area contributed by atoms with Crippen molar-refractivity contribution < 1.29 is 9.21 Å². The zero-order chi connectivity index (χ0) is 13.8. The van der Waals surface area contributed by atoms with Crippen molar-refractivity contribution in [1.29, 1.82) is 0 Å². The van der Waals surface area contributed by atoms with E-state index in [1.807, 2.05) is 11.8 Å². The zero-order valence-electron chi connectivity index (χ0n) is 12.4. The first-order valence-corrected chi connectivity index (χ1v) is 7.09. The van der Waals surface area contributed by atoms with Gasteiger partial charge in [0.1, 0.15) is 0 Å². The van der Waals surface area contributed by atoms with Gasteiger partial charge in [0.25, 0.3) is 5.91 Å². The van der Waals surface area contributed by atoms with E-state index in [0.29, 0.717) is 23.4 Å². The Morgan fingerprint density at radius 2 is 2.05 bits per heavy atom. The van der Waals surface area contributed by atoms with E-state index in [0.717, 1.165) is 38.9 Å². The topological polar surface area (TPSA) is 58.4 Å². The van der Waals surface area contributed by atoms with Gasteiger partial charge in [-0.05, 0) is 39.3 Å². The lowest BCUT2D eigenvalue weighted by Crippen LogP contribution is -2.46. The summed E-state index contributed by atoms with van der Waals surface area (Å²) in [6.45, 7) is 8.44. The van der Waals surface area contributed by atoms with Gasteiger partial charge in [-0.1, -0.05) is 6.92 Å². The smallest absolute Gasteiger partial charge is 0.291 e.